The monoisotopic (exact) mass is 729 g/mol. The largest absolute Gasteiger partial charge is 0.496 e. The van der Waals surface area contributed by atoms with Crippen LogP contribution < -0.4 is 20.1 Å². The summed E-state index contributed by atoms with van der Waals surface area (Å²) < 4.78 is 18.1. The van der Waals surface area contributed by atoms with Crippen LogP contribution in [0.25, 0.3) is 10.2 Å². The van der Waals surface area contributed by atoms with Crippen molar-refractivity contribution >= 4 is 67.4 Å². The molecule has 0 spiro atoms. The Morgan fingerprint density at radius 2 is 1.86 bits per heavy atom. The van der Waals surface area contributed by atoms with E-state index in [4.69, 9.17) is 14.2 Å². The third kappa shape index (κ3) is 6.61. The van der Waals surface area contributed by atoms with Gasteiger partial charge in [-0.1, -0.05) is 6.07 Å². The van der Waals surface area contributed by atoms with E-state index in [2.05, 4.69) is 64.0 Å². The molecule has 0 unspecified atom stereocenters. The first-order valence-electron chi connectivity index (χ1n) is 14.7. The fraction of sp³-hybridized carbons (Fsp3) is 0.419. The number of nitrogens with zero attached hydrogens (tertiary/aromatic N) is 5. The van der Waals surface area contributed by atoms with Gasteiger partial charge in [0.2, 0.25) is 0 Å². The lowest BCUT2D eigenvalue weighted by Crippen LogP contribution is -2.48. The molecule has 2 N–H and O–H groups in total. The summed E-state index contributed by atoms with van der Waals surface area (Å²) in [7, 11) is 3.19. The number of methoxy groups -OCH3 is 2. The summed E-state index contributed by atoms with van der Waals surface area (Å²) in [5.74, 6) is 2.28. The minimum atomic E-state index is -0.270. The summed E-state index contributed by atoms with van der Waals surface area (Å²) in [6, 6.07) is 6.58. The maximum Gasteiger partial charge on any atom is 0.258 e. The number of hydrogen-bond acceptors (Lipinski definition) is 11. The molecule has 3 aromatic heterocycles. The molecule has 0 atom stereocenters. The normalized spacial score (nSPS) is 16.6. The van der Waals surface area contributed by atoms with Gasteiger partial charge < -0.3 is 24.8 Å². The topological polar surface area (TPSA) is 114 Å². The van der Waals surface area contributed by atoms with E-state index >= 15 is 0 Å². The highest BCUT2D eigenvalue weighted by Crippen LogP contribution is 2.39. The summed E-state index contributed by atoms with van der Waals surface area (Å²) in [6.45, 7) is 8.81. The van der Waals surface area contributed by atoms with Crippen LogP contribution >= 0.6 is 33.9 Å². The SMILES string of the molecule is COc1cc(OC)c(I)c(NC(=O)c2csc3c(Nc4ccc(CN5CCC(N6CCOCC6)CC5)cn4)ncnc23)c1C. The molecular weight excluding hydrogens is 693 g/mol. The van der Waals surface area contributed by atoms with Crippen LogP contribution in [0.4, 0.5) is 17.3 Å². The summed E-state index contributed by atoms with van der Waals surface area (Å²) >= 11 is 3.58. The average molecular weight is 730 g/mol. The Morgan fingerprint density at radius 3 is 2.57 bits per heavy atom. The minimum absolute atomic E-state index is 0.270. The molecule has 6 rings (SSSR count). The van der Waals surface area contributed by atoms with Crippen molar-refractivity contribution < 1.29 is 19.0 Å². The number of hydrogen-bond donors (Lipinski definition) is 2. The second-order valence-corrected chi connectivity index (χ2v) is 12.9. The van der Waals surface area contributed by atoms with Gasteiger partial charge in [-0.2, -0.15) is 0 Å². The Kier molecular flexibility index (Phi) is 9.76. The molecule has 232 valence electrons. The quantitative estimate of drug-likeness (QED) is 0.220. The van der Waals surface area contributed by atoms with E-state index in [9.17, 15) is 4.79 Å². The van der Waals surface area contributed by atoms with Crippen molar-refractivity contribution in [3.63, 3.8) is 0 Å². The van der Waals surface area contributed by atoms with Crippen LogP contribution in [0.5, 0.6) is 11.5 Å². The fourth-order valence-electron chi connectivity index (χ4n) is 5.85. The summed E-state index contributed by atoms with van der Waals surface area (Å²) in [4.78, 5) is 32.1. The molecule has 11 nitrogen and oxygen atoms in total. The van der Waals surface area contributed by atoms with Crippen molar-refractivity contribution in [2.24, 2.45) is 0 Å². The number of benzene rings is 1. The number of carbonyl (C=O) groups is 1. The van der Waals surface area contributed by atoms with Crippen LogP contribution in [-0.4, -0.2) is 90.3 Å². The summed E-state index contributed by atoms with van der Waals surface area (Å²) in [5, 5.41) is 8.17. The average Bonchev–Trinajstić information content (AvgIpc) is 3.50. The van der Waals surface area contributed by atoms with Crippen molar-refractivity contribution in [3.05, 3.63) is 56.4 Å². The second-order valence-electron chi connectivity index (χ2n) is 10.9. The van der Waals surface area contributed by atoms with E-state index < -0.39 is 0 Å². The third-order valence-electron chi connectivity index (χ3n) is 8.32. The number of fused-ring (bicyclic) bond motifs is 1. The number of anilines is 3. The van der Waals surface area contributed by atoms with E-state index in [-0.39, 0.29) is 5.91 Å². The lowest BCUT2D eigenvalue weighted by Gasteiger charge is -2.40. The Bertz CT molecular complexity index is 1590. The lowest BCUT2D eigenvalue weighted by atomic mass is 10.0. The van der Waals surface area contributed by atoms with E-state index in [1.54, 1.807) is 19.6 Å². The molecule has 0 radical (unpaired) electrons. The summed E-state index contributed by atoms with van der Waals surface area (Å²) in [6.07, 6.45) is 5.79. The Hall–Kier alpha value is -3.11. The van der Waals surface area contributed by atoms with E-state index in [1.165, 1.54) is 36.1 Å². The highest BCUT2D eigenvalue weighted by atomic mass is 127. The van der Waals surface area contributed by atoms with Crippen LogP contribution in [0.3, 0.4) is 0 Å². The molecule has 1 aromatic carbocycles. The Labute approximate surface area is 274 Å². The van der Waals surface area contributed by atoms with Gasteiger partial charge in [0.1, 0.15) is 23.6 Å². The van der Waals surface area contributed by atoms with E-state index in [0.717, 1.165) is 59.8 Å². The maximum absolute atomic E-state index is 13.5. The van der Waals surface area contributed by atoms with Gasteiger partial charge in [0.15, 0.2) is 5.82 Å². The predicted octanol–water partition coefficient (Wildman–Crippen LogP) is 5.31. The highest BCUT2D eigenvalue weighted by Gasteiger charge is 2.26. The van der Waals surface area contributed by atoms with E-state index in [1.807, 2.05) is 25.3 Å². The van der Waals surface area contributed by atoms with Crippen molar-refractivity contribution in [2.45, 2.75) is 32.4 Å². The molecule has 4 aromatic rings. The van der Waals surface area contributed by atoms with E-state index in [0.29, 0.717) is 45.9 Å². The fourth-order valence-corrected chi connectivity index (χ4v) is 7.71. The molecule has 1 amide bonds. The zero-order chi connectivity index (χ0) is 30.6. The number of likely N-dealkylation sites (tertiary alicyclic amines) is 1. The molecule has 2 aliphatic heterocycles. The van der Waals surface area contributed by atoms with Crippen LogP contribution in [-0.2, 0) is 11.3 Å². The van der Waals surface area contributed by atoms with Crippen LogP contribution in [0.1, 0.15) is 34.3 Å². The molecule has 0 bridgehead atoms. The third-order valence-corrected chi connectivity index (χ3v) is 10.4. The molecule has 13 heteroatoms. The number of rotatable bonds is 9. The van der Waals surface area contributed by atoms with Crippen LogP contribution in [0.2, 0.25) is 0 Å². The van der Waals surface area contributed by atoms with Gasteiger partial charge in [0.25, 0.3) is 5.91 Å². The van der Waals surface area contributed by atoms with Gasteiger partial charge >= 0.3 is 0 Å². The van der Waals surface area contributed by atoms with Gasteiger partial charge in [-0.25, -0.2) is 15.0 Å². The number of piperidine rings is 1. The van der Waals surface area contributed by atoms with Gasteiger partial charge in [-0.05, 0) is 67.1 Å². The maximum atomic E-state index is 13.5. The summed E-state index contributed by atoms with van der Waals surface area (Å²) in [5.41, 5.74) is 3.68. The van der Waals surface area contributed by atoms with Crippen LogP contribution in [0, 0.1) is 10.5 Å². The first-order valence-corrected chi connectivity index (χ1v) is 16.6. The molecule has 2 saturated heterocycles. The van der Waals surface area contributed by atoms with Crippen molar-refractivity contribution in [1.29, 1.82) is 0 Å². The number of ether oxygens (including phenoxy) is 3. The number of carbonyl (C=O) groups excluding carboxylic acids is 1. The number of halogens is 1. The molecule has 2 aliphatic rings. The van der Waals surface area contributed by atoms with Crippen LogP contribution in [0.15, 0.2) is 36.1 Å². The van der Waals surface area contributed by atoms with Gasteiger partial charge in [0.05, 0.1) is 52.5 Å². The van der Waals surface area contributed by atoms with Gasteiger partial charge in [0, 0.05) is 48.9 Å². The molecule has 44 heavy (non-hydrogen) atoms. The molecule has 0 aliphatic carbocycles. The zero-order valence-electron chi connectivity index (χ0n) is 25.1. The molecule has 2 fully saturated rings. The van der Waals surface area contributed by atoms with Crippen molar-refractivity contribution in [1.82, 2.24) is 24.8 Å². The van der Waals surface area contributed by atoms with Crippen molar-refractivity contribution in [3.8, 4) is 11.5 Å². The number of aromatic nitrogens is 3. The second kappa shape index (κ2) is 13.9. The molecule has 5 heterocycles. The van der Waals surface area contributed by atoms with Gasteiger partial charge in [-0.3, -0.25) is 14.6 Å². The highest BCUT2D eigenvalue weighted by molar-refractivity contribution is 14.1. The minimum Gasteiger partial charge on any atom is -0.496 e. The predicted molar refractivity (Wildman–Crippen MR) is 181 cm³/mol. The first kappa shape index (κ1) is 30.9. The zero-order valence-corrected chi connectivity index (χ0v) is 28.0. The van der Waals surface area contributed by atoms with Gasteiger partial charge in [-0.15, -0.1) is 11.3 Å². The smallest absolute Gasteiger partial charge is 0.258 e. The standard InChI is InChI=1S/C31H36IN7O4S/c1-19-23(41-2)14-24(42-3)26(32)27(19)37-31(40)22-17-44-29-28(22)34-18-35-30(29)36-25-5-4-20(15-33-25)16-38-8-6-21(7-9-38)39-10-12-43-13-11-39/h4-5,14-15,17-18,21H,6-13,16H2,1-3H3,(H,37,40)(H,33,34,35,36). The number of morpholine rings is 1. The first-order chi connectivity index (χ1) is 21.4. The molecular formula is C31H36IN7O4S. The molecule has 0 saturated carbocycles. The lowest BCUT2D eigenvalue weighted by molar-refractivity contribution is 0.000224. The number of pyridine rings is 1. The Morgan fingerprint density at radius 1 is 1.09 bits per heavy atom. The van der Waals surface area contributed by atoms with Crippen molar-refractivity contribution in [2.75, 3.05) is 64.2 Å². The number of amides is 1. The Balaban J connectivity index is 1.11. The number of nitrogens with one attached hydrogen (secondary N) is 2. The number of thiophene rings is 1.